The van der Waals surface area contributed by atoms with Crippen LogP contribution in [-0.4, -0.2) is 13.0 Å². The normalized spacial score (nSPS) is 9.89. The molecule has 0 aliphatic carbocycles. The standard InChI is InChI=1S/C15H15NO2/c1-11-8-9-13(14(10-11)18-2)16-15(17)12-6-4-3-5-7-12/h3-10H,1-2H3,(H,16,17). The third-order valence-electron chi connectivity index (χ3n) is 2.64. The van der Waals surface area contributed by atoms with Gasteiger partial charge in [0.15, 0.2) is 0 Å². The number of benzene rings is 2. The van der Waals surface area contributed by atoms with Crippen molar-refractivity contribution in [2.45, 2.75) is 6.92 Å². The van der Waals surface area contributed by atoms with Crippen LogP contribution in [0.1, 0.15) is 15.9 Å². The summed E-state index contributed by atoms with van der Waals surface area (Å²) >= 11 is 0. The zero-order valence-electron chi connectivity index (χ0n) is 10.4. The van der Waals surface area contributed by atoms with Crippen LogP contribution in [0.2, 0.25) is 0 Å². The van der Waals surface area contributed by atoms with E-state index in [0.717, 1.165) is 5.56 Å². The number of carbonyl (C=O) groups excluding carboxylic acids is 1. The molecule has 2 aromatic rings. The summed E-state index contributed by atoms with van der Waals surface area (Å²) in [7, 11) is 1.59. The van der Waals surface area contributed by atoms with Crippen molar-refractivity contribution in [3.8, 4) is 5.75 Å². The van der Waals surface area contributed by atoms with Gasteiger partial charge in [0.25, 0.3) is 5.91 Å². The van der Waals surface area contributed by atoms with Gasteiger partial charge in [-0.3, -0.25) is 4.79 Å². The molecule has 1 amide bonds. The maximum Gasteiger partial charge on any atom is 0.255 e. The molecule has 0 unspecified atom stereocenters. The second kappa shape index (κ2) is 5.36. The van der Waals surface area contributed by atoms with Crippen molar-refractivity contribution < 1.29 is 9.53 Å². The second-order valence-electron chi connectivity index (χ2n) is 4.02. The van der Waals surface area contributed by atoms with E-state index in [0.29, 0.717) is 17.0 Å². The number of anilines is 1. The number of carbonyl (C=O) groups is 1. The van der Waals surface area contributed by atoms with Crippen LogP contribution in [0.3, 0.4) is 0 Å². The maximum atomic E-state index is 12.0. The van der Waals surface area contributed by atoms with Gasteiger partial charge in [-0.25, -0.2) is 0 Å². The molecule has 92 valence electrons. The summed E-state index contributed by atoms with van der Waals surface area (Å²) in [5.74, 6) is 0.525. The largest absolute Gasteiger partial charge is 0.495 e. The highest BCUT2D eigenvalue weighted by atomic mass is 16.5. The van der Waals surface area contributed by atoms with Crippen LogP contribution < -0.4 is 10.1 Å². The molecule has 3 nitrogen and oxygen atoms in total. The molecule has 2 aromatic carbocycles. The van der Waals surface area contributed by atoms with Crippen LogP contribution in [0.5, 0.6) is 5.75 Å². The first kappa shape index (κ1) is 12.2. The van der Waals surface area contributed by atoms with Crippen molar-refractivity contribution in [3.05, 3.63) is 59.7 Å². The van der Waals surface area contributed by atoms with Crippen molar-refractivity contribution in [1.29, 1.82) is 0 Å². The SMILES string of the molecule is COc1cc(C)ccc1NC(=O)c1ccccc1. The van der Waals surface area contributed by atoms with E-state index >= 15 is 0 Å². The van der Waals surface area contributed by atoms with E-state index in [1.165, 1.54) is 0 Å². The molecule has 0 radical (unpaired) electrons. The monoisotopic (exact) mass is 241 g/mol. The lowest BCUT2D eigenvalue weighted by Gasteiger charge is -2.10. The smallest absolute Gasteiger partial charge is 0.255 e. The van der Waals surface area contributed by atoms with E-state index in [2.05, 4.69) is 5.32 Å². The minimum atomic E-state index is -0.141. The zero-order chi connectivity index (χ0) is 13.0. The number of ether oxygens (including phenoxy) is 1. The van der Waals surface area contributed by atoms with Crippen molar-refractivity contribution in [3.63, 3.8) is 0 Å². The summed E-state index contributed by atoms with van der Waals surface area (Å²) in [4.78, 5) is 12.0. The quantitative estimate of drug-likeness (QED) is 0.895. The van der Waals surface area contributed by atoms with Crippen LogP contribution in [-0.2, 0) is 0 Å². The van der Waals surface area contributed by atoms with Crippen LogP contribution in [0.15, 0.2) is 48.5 Å². The molecule has 0 aliphatic rings. The van der Waals surface area contributed by atoms with Gasteiger partial charge >= 0.3 is 0 Å². The summed E-state index contributed by atoms with van der Waals surface area (Å²) in [6.07, 6.45) is 0. The second-order valence-corrected chi connectivity index (χ2v) is 4.02. The van der Waals surface area contributed by atoms with E-state index in [1.807, 2.05) is 43.3 Å². The Balaban J connectivity index is 2.22. The van der Waals surface area contributed by atoms with Crippen LogP contribution >= 0.6 is 0 Å². The molecule has 0 heterocycles. The maximum absolute atomic E-state index is 12.0. The van der Waals surface area contributed by atoms with Gasteiger partial charge in [0.1, 0.15) is 5.75 Å². The number of methoxy groups -OCH3 is 1. The van der Waals surface area contributed by atoms with E-state index in [4.69, 9.17) is 4.74 Å². The van der Waals surface area contributed by atoms with Gasteiger partial charge in [-0.05, 0) is 36.8 Å². The van der Waals surface area contributed by atoms with Crippen molar-refractivity contribution >= 4 is 11.6 Å². The lowest BCUT2D eigenvalue weighted by atomic mass is 10.2. The fourth-order valence-corrected chi connectivity index (χ4v) is 1.69. The number of hydrogen-bond acceptors (Lipinski definition) is 2. The molecule has 0 saturated carbocycles. The Morgan fingerprint density at radius 3 is 2.50 bits per heavy atom. The molecule has 2 rings (SSSR count). The predicted octanol–water partition coefficient (Wildman–Crippen LogP) is 3.26. The van der Waals surface area contributed by atoms with E-state index in [-0.39, 0.29) is 5.91 Å². The highest BCUT2D eigenvalue weighted by Gasteiger charge is 2.09. The number of hydrogen-bond donors (Lipinski definition) is 1. The summed E-state index contributed by atoms with van der Waals surface area (Å²) in [5, 5.41) is 2.84. The van der Waals surface area contributed by atoms with Crippen LogP contribution in [0.25, 0.3) is 0 Å². The molecule has 0 spiro atoms. The molecule has 0 saturated heterocycles. The summed E-state index contributed by atoms with van der Waals surface area (Å²) in [6.45, 7) is 1.98. The molecule has 0 aromatic heterocycles. The minimum absolute atomic E-state index is 0.141. The molecule has 0 bridgehead atoms. The highest BCUT2D eigenvalue weighted by Crippen LogP contribution is 2.25. The number of aryl methyl sites for hydroxylation is 1. The molecule has 0 atom stereocenters. The van der Waals surface area contributed by atoms with Gasteiger partial charge in [0, 0.05) is 5.56 Å². The fourth-order valence-electron chi connectivity index (χ4n) is 1.69. The average molecular weight is 241 g/mol. The van der Waals surface area contributed by atoms with Crippen molar-refractivity contribution in [2.75, 3.05) is 12.4 Å². The average Bonchev–Trinajstić information content (AvgIpc) is 2.41. The van der Waals surface area contributed by atoms with Gasteiger partial charge < -0.3 is 10.1 Å². The molecule has 18 heavy (non-hydrogen) atoms. The molecule has 3 heteroatoms. The van der Waals surface area contributed by atoms with Gasteiger partial charge in [-0.15, -0.1) is 0 Å². The summed E-state index contributed by atoms with van der Waals surface area (Å²) < 4.78 is 5.25. The van der Waals surface area contributed by atoms with Crippen LogP contribution in [0, 0.1) is 6.92 Å². The molecule has 1 N–H and O–H groups in total. The van der Waals surface area contributed by atoms with Crippen molar-refractivity contribution in [1.82, 2.24) is 0 Å². The van der Waals surface area contributed by atoms with Gasteiger partial charge in [-0.1, -0.05) is 24.3 Å². The Morgan fingerprint density at radius 2 is 1.83 bits per heavy atom. The number of rotatable bonds is 3. The predicted molar refractivity (Wildman–Crippen MR) is 72.1 cm³/mol. The third-order valence-corrected chi connectivity index (χ3v) is 2.64. The molecular weight excluding hydrogens is 226 g/mol. The molecular formula is C15H15NO2. The Morgan fingerprint density at radius 1 is 1.11 bits per heavy atom. The van der Waals surface area contributed by atoms with Gasteiger partial charge in [0.2, 0.25) is 0 Å². The van der Waals surface area contributed by atoms with Crippen LogP contribution in [0.4, 0.5) is 5.69 Å². The topological polar surface area (TPSA) is 38.3 Å². The molecule has 0 aliphatic heterocycles. The third kappa shape index (κ3) is 2.69. The molecule has 0 fully saturated rings. The minimum Gasteiger partial charge on any atom is -0.495 e. The lowest BCUT2D eigenvalue weighted by Crippen LogP contribution is -2.12. The summed E-state index contributed by atoms with van der Waals surface area (Å²) in [6, 6.07) is 14.8. The first-order valence-electron chi connectivity index (χ1n) is 5.72. The van der Waals surface area contributed by atoms with E-state index in [1.54, 1.807) is 19.2 Å². The van der Waals surface area contributed by atoms with Crippen molar-refractivity contribution in [2.24, 2.45) is 0 Å². The Labute approximate surface area is 106 Å². The first-order chi connectivity index (χ1) is 8.70. The highest BCUT2D eigenvalue weighted by molar-refractivity contribution is 6.05. The van der Waals surface area contributed by atoms with E-state index in [9.17, 15) is 4.79 Å². The van der Waals surface area contributed by atoms with Gasteiger partial charge in [-0.2, -0.15) is 0 Å². The fraction of sp³-hybridized carbons (Fsp3) is 0.133. The Bertz CT molecular complexity index is 550. The summed E-state index contributed by atoms with van der Waals surface area (Å²) in [5.41, 5.74) is 2.39. The Hall–Kier alpha value is -2.29. The first-order valence-corrected chi connectivity index (χ1v) is 5.72. The number of amides is 1. The Kier molecular flexibility index (Phi) is 3.63. The number of nitrogens with one attached hydrogen (secondary N) is 1. The van der Waals surface area contributed by atoms with E-state index < -0.39 is 0 Å². The van der Waals surface area contributed by atoms with Gasteiger partial charge in [0.05, 0.1) is 12.8 Å². The lowest BCUT2D eigenvalue weighted by molar-refractivity contribution is 0.102. The zero-order valence-corrected chi connectivity index (χ0v) is 10.4.